The molecule has 1 aromatic heterocycles. The molecule has 2 heteroatoms. The van der Waals surface area contributed by atoms with Crippen molar-refractivity contribution in [1.82, 2.24) is 4.57 Å². The summed E-state index contributed by atoms with van der Waals surface area (Å²) < 4.78 is 2.39. The molecule has 0 unspecified atom stereocenters. The molecule has 60 heavy (non-hydrogen) atoms. The van der Waals surface area contributed by atoms with Gasteiger partial charge in [-0.25, -0.2) is 0 Å². The van der Waals surface area contributed by atoms with Crippen LogP contribution in [0.5, 0.6) is 0 Å². The van der Waals surface area contributed by atoms with Crippen molar-refractivity contribution in [1.29, 1.82) is 0 Å². The summed E-state index contributed by atoms with van der Waals surface area (Å²) in [5.41, 5.74) is 20.0. The van der Waals surface area contributed by atoms with Crippen LogP contribution in [0.3, 0.4) is 0 Å². The van der Waals surface area contributed by atoms with Crippen LogP contribution < -0.4 is 4.90 Å². The van der Waals surface area contributed by atoms with Gasteiger partial charge in [-0.2, -0.15) is 0 Å². The Labute approximate surface area is 351 Å². The molecule has 0 fully saturated rings. The monoisotopic (exact) mass is 768 g/mol. The molecule has 0 saturated heterocycles. The Morgan fingerprint density at radius 2 is 0.883 bits per heavy atom. The molecule has 0 N–H and O–H groups in total. The minimum Gasteiger partial charge on any atom is -0.309 e. The van der Waals surface area contributed by atoms with Crippen LogP contribution in [0.2, 0.25) is 0 Å². The molecule has 2 aliphatic rings. The van der Waals surface area contributed by atoms with Crippen molar-refractivity contribution in [2.75, 3.05) is 4.90 Å². The second kappa shape index (κ2) is 12.7. The number of nitrogens with zero attached hydrogens (tertiary/aromatic N) is 2. The lowest BCUT2D eigenvalue weighted by Gasteiger charge is -2.34. The van der Waals surface area contributed by atoms with Crippen LogP contribution in [0, 0.1) is 0 Å². The number of benzene rings is 9. The Hall–Kier alpha value is -7.16. The number of hydrogen-bond acceptors (Lipinski definition) is 1. The van der Waals surface area contributed by atoms with Crippen molar-refractivity contribution in [3.8, 4) is 39.1 Å². The SMILES string of the molecule is CC1(C)c2ccccc2-c2c(N(c3cccc4c3C(C)(C)c3ccccc3-4)c3ccc(-c4ccc(-n5c6ccccc6c6ccccc65)cc4)c4ccccc34)cccc21. The summed E-state index contributed by atoms with van der Waals surface area (Å²) in [5.74, 6) is 0. The van der Waals surface area contributed by atoms with Crippen molar-refractivity contribution < 1.29 is 0 Å². The predicted molar refractivity (Wildman–Crippen MR) is 254 cm³/mol. The second-order valence-corrected chi connectivity index (χ2v) is 17.7. The van der Waals surface area contributed by atoms with E-state index in [-0.39, 0.29) is 10.8 Å². The molecule has 0 bridgehead atoms. The molecule has 0 aliphatic heterocycles. The van der Waals surface area contributed by atoms with E-state index in [0.29, 0.717) is 0 Å². The molecule has 2 nitrogen and oxygen atoms in total. The number of hydrogen-bond donors (Lipinski definition) is 0. The lowest BCUT2D eigenvalue weighted by molar-refractivity contribution is 0.659. The van der Waals surface area contributed by atoms with E-state index in [9.17, 15) is 0 Å². The van der Waals surface area contributed by atoms with E-state index in [2.05, 4.69) is 231 Å². The fourth-order valence-electron chi connectivity index (χ4n) is 11.0. The summed E-state index contributed by atoms with van der Waals surface area (Å²) in [7, 11) is 0. The van der Waals surface area contributed by atoms with Gasteiger partial charge in [-0.05, 0) is 97.9 Å². The van der Waals surface area contributed by atoms with Gasteiger partial charge < -0.3 is 9.47 Å². The maximum atomic E-state index is 2.60. The molecule has 1 heterocycles. The molecule has 2 aliphatic carbocycles. The highest BCUT2D eigenvalue weighted by Crippen LogP contribution is 2.58. The maximum Gasteiger partial charge on any atom is 0.0543 e. The highest BCUT2D eigenvalue weighted by molar-refractivity contribution is 6.10. The zero-order chi connectivity index (χ0) is 40.3. The summed E-state index contributed by atoms with van der Waals surface area (Å²) in [5, 5.41) is 5.00. The smallest absolute Gasteiger partial charge is 0.0543 e. The summed E-state index contributed by atoms with van der Waals surface area (Å²) in [6.45, 7) is 9.56. The highest BCUT2D eigenvalue weighted by atomic mass is 15.2. The summed E-state index contributed by atoms with van der Waals surface area (Å²) >= 11 is 0. The van der Waals surface area contributed by atoms with E-state index < -0.39 is 0 Å². The molecule has 0 atom stereocenters. The number of fused-ring (bicyclic) bond motifs is 10. The standard InChI is InChI=1S/C58H44N2/c1-57(2)48-25-12-8-22-46(48)55-49(57)26-16-29-53(55)60(54-30-15-23-45-41-18-7-11-24-47(41)58(3,4)56(45)54)52-36-35-39(40-17-5-6-19-42(40)52)37-31-33-38(34-32-37)59-50-27-13-9-20-43(50)44-21-10-14-28-51(44)59/h5-36H,1-4H3. The quantitative estimate of drug-likeness (QED) is 0.169. The average molecular weight is 769 g/mol. The molecule has 0 spiro atoms. The van der Waals surface area contributed by atoms with Crippen LogP contribution in [-0.2, 0) is 10.8 Å². The minimum atomic E-state index is -0.205. The van der Waals surface area contributed by atoms with Gasteiger partial charge in [-0.3, -0.25) is 0 Å². The fourth-order valence-corrected chi connectivity index (χ4v) is 11.0. The number of aromatic nitrogens is 1. The van der Waals surface area contributed by atoms with Crippen molar-refractivity contribution in [2.24, 2.45) is 0 Å². The van der Waals surface area contributed by atoms with Crippen molar-refractivity contribution in [3.05, 3.63) is 216 Å². The molecule has 10 aromatic rings. The van der Waals surface area contributed by atoms with E-state index in [0.717, 1.165) is 5.69 Å². The average Bonchev–Trinajstić information content (AvgIpc) is 3.84. The van der Waals surface area contributed by atoms with Gasteiger partial charge in [-0.15, -0.1) is 0 Å². The van der Waals surface area contributed by atoms with Gasteiger partial charge in [-0.1, -0.05) is 179 Å². The summed E-state index contributed by atoms with van der Waals surface area (Å²) in [6.07, 6.45) is 0. The zero-order valence-corrected chi connectivity index (χ0v) is 34.4. The van der Waals surface area contributed by atoms with Crippen molar-refractivity contribution in [2.45, 2.75) is 38.5 Å². The van der Waals surface area contributed by atoms with E-state index in [1.165, 1.54) is 105 Å². The largest absolute Gasteiger partial charge is 0.309 e. The lowest BCUT2D eigenvalue weighted by Crippen LogP contribution is -2.21. The van der Waals surface area contributed by atoms with Gasteiger partial charge in [0.25, 0.3) is 0 Å². The van der Waals surface area contributed by atoms with Crippen LogP contribution in [0.4, 0.5) is 17.1 Å². The van der Waals surface area contributed by atoms with E-state index in [4.69, 9.17) is 0 Å². The molecule has 0 amide bonds. The predicted octanol–water partition coefficient (Wildman–Crippen LogP) is 15.7. The topological polar surface area (TPSA) is 8.17 Å². The van der Waals surface area contributed by atoms with E-state index in [1.807, 2.05) is 0 Å². The molecule has 9 aromatic carbocycles. The molecule has 0 radical (unpaired) electrons. The first-order valence-electron chi connectivity index (χ1n) is 21.2. The van der Waals surface area contributed by atoms with Gasteiger partial charge in [0.05, 0.1) is 28.1 Å². The normalized spacial score (nSPS) is 14.3. The van der Waals surface area contributed by atoms with E-state index in [1.54, 1.807) is 0 Å². The Balaban J connectivity index is 1.08. The van der Waals surface area contributed by atoms with Crippen LogP contribution in [0.15, 0.2) is 194 Å². The second-order valence-electron chi connectivity index (χ2n) is 17.7. The Morgan fingerprint density at radius 1 is 0.350 bits per heavy atom. The molecule has 0 saturated carbocycles. The Morgan fingerprint density at radius 3 is 1.60 bits per heavy atom. The molecule has 286 valence electrons. The first-order chi connectivity index (χ1) is 29.3. The number of anilines is 3. The number of para-hydroxylation sites is 2. The Kier molecular flexibility index (Phi) is 7.36. The fraction of sp³-hybridized carbons (Fsp3) is 0.103. The third-order valence-corrected chi connectivity index (χ3v) is 13.8. The van der Waals surface area contributed by atoms with Gasteiger partial charge in [0, 0.05) is 38.2 Å². The minimum absolute atomic E-state index is 0.126. The lowest BCUT2D eigenvalue weighted by atomic mass is 9.81. The maximum absolute atomic E-state index is 2.60. The Bertz CT molecular complexity index is 3320. The van der Waals surface area contributed by atoms with Crippen molar-refractivity contribution in [3.63, 3.8) is 0 Å². The molecule has 12 rings (SSSR count). The van der Waals surface area contributed by atoms with Crippen LogP contribution >= 0.6 is 0 Å². The third kappa shape index (κ3) is 4.76. The van der Waals surface area contributed by atoms with Gasteiger partial charge in [0.15, 0.2) is 0 Å². The number of rotatable bonds is 5. The summed E-state index contributed by atoms with van der Waals surface area (Å²) in [6, 6.07) is 72.2. The van der Waals surface area contributed by atoms with Crippen molar-refractivity contribution >= 4 is 49.6 Å². The molecular weight excluding hydrogens is 725 g/mol. The van der Waals surface area contributed by atoms with Crippen LogP contribution in [0.25, 0.3) is 71.6 Å². The highest BCUT2D eigenvalue weighted by Gasteiger charge is 2.41. The molecular formula is C58H44N2. The van der Waals surface area contributed by atoms with Gasteiger partial charge >= 0.3 is 0 Å². The van der Waals surface area contributed by atoms with Crippen LogP contribution in [0.1, 0.15) is 49.9 Å². The van der Waals surface area contributed by atoms with E-state index >= 15 is 0 Å². The first-order valence-corrected chi connectivity index (χ1v) is 21.2. The third-order valence-electron chi connectivity index (χ3n) is 13.8. The zero-order valence-electron chi connectivity index (χ0n) is 34.4. The van der Waals surface area contributed by atoms with Crippen LogP contribution in [-0.4, -0.2) is 4.57 Å². The summed E-state index contributed by atoms with van der Waals surface area (Å²) in [4.78, 5) is 2.60. The van der Waals surface area contributed by atoms with Gasteiger partial charge in [0.1, 0.15) is 0 Å². The van der Waals surface area contributed by atoms with Gasteiger partial charge in [0.2, 0.25) is 0 Å². The first kappa shape index (κ1) is 34.8.